The Morgan fingerprint density at radius 3 is 2.15 bits per heavy atom. The Morgan fingerprint density at radius 1 is 1.04 bits per heavy atom. The summed E-state index contributed by atoms with van der Waals surface area (Å²) in [7, 11) is 1.25. The second-order valence-electron chi connectivity index (χ2n) is 5.23. The Morgan fingerprint density at radius 2 is 1.62 bits per heavy atom. The standard InChI is InChI=1S/C18H15ClFNO5/c1-10(16(22)21-15-8-7-13(20)9-14(15)19)26-18(24)12-5-3-11(4-6-12)17(23)25-2/h3-10H,1-2H3,(H,21,22). The summed E-state index contributed by atoms with van der Waals surface area (Å²) in [6.07, 6.45) is -1.12. The van der Waals surface area contributed by atoms with Crippen molar-refractivity contribution in [3.05, 3.63) is 64.4 Å². The quantitative estimate of drug-likeness (QED) is 0.805. The summed E-state index contributed by atoms with van der Waals surface area (Å²) in [4.78, 5) is 35.5. The lowest BCUT2D eigenvalue weighted by molar-refractivity contribution is -0.123. The van der Waals surface area contributed by atoms with Gasteiger partial charge >= 0.3 is 11.9 Å². The largest absolute Gasteiger partial charge is 0.465 e. The number of hydrogen-bond donors (Lipinski definition) is 1. The number of esters is 2. The van der Waals surface area contributed by atoms with E-state index < -0.39 is 29.8 Å². The van der Waals surface area contributed by atoms with Gasteiger partial charge in [-0.15, -0.1) is 0 Å². The van der Waals surface area contributed by atoms with Crippen LogP contribution in [-0.4, -0.2) is 31.1 Å². The molecule has 0 saturated heterocycles. The molecular weight excluding hydrogens is 365 g/mol. The van der Waals surface area contributed by atoms with Gasteiger partial charge in [-0.2, -0.15) is 0 Å². The number of methoxy groups -OCH3 is 1. The van der Waals surface area contributed by atoms with E-state index in [1.807, 2.05) is 0 Å². The smallest absolute Gasteiger partial charge is 0.338 e. The average molecular weight is 380 g/mol. The maximum absolute atomic E-state index is 13.0. The van der Waals surface area contributed by atoms with Crippen molar-refractivity contribution >= 4 is 35.1 Å². The second-order valence-corrected chi connectivity index (χ2v) is 5.64. The number of carbonyl (C=O) groups excluding carboxylic acids is 3. The fraction of sp³-hybridized carbons (Fsp3) is 0.167. The third-order valence-corrected chi connectivity index (χ3v) is 3.70. The van der Waals surface area contributed by atoms with Gasteiger partial charge in [0.2, 0.25) is 0 Å². The van der Waals surface area contributed by atoms with Crippen LogP contribution in [0, 0.1) is 5.82 Å². The maximum atomic E-state index is 13.0. The summed E-state index contributed by atoms with van der Waals surface area (Å²) in [6, 6.07) is 9.08. The molecule has 1 unspecified atom stereocenters. The lowest BCUT2D eigenvalue weighted by Crippen LogP contribution is -2.30. The summed E-state index contributed by atoms with van der Waals surface area (Å²) in [5.74, 6) is -2.44. The first-order valence-electron chi connectivity index (χ1n) is 7.47. The molecule has 2 aromatic rings. The molecule has 1 N–H and O–H groups in total. The zero-order valence-corrected chi connectivity index (χ0v) is 14.7. The third-order valence-electron chi connectivity index (χ3n) is 3.38. The fourth-order valence-electron chi connectivity index (χ4n) is 1.97. The van der Waals surface area contributed by atoms with Gasteiger partial charge in [-0.1, -0.05) is 11.6 Å². The van der Waals surface area contributed by atoms with Crippen LogP contribution < -0.4 is 5.32 Å². The summed E-state index contributed by atoms with van der Waals surface area (Å²) >= 11 is 5.83. The molecule has 2 rings (SSSR count). The Bertz CT molecular complexity index is 838. The highest BCUT2D eigenvalue weighted by molar-refractivity contribution is 6.33. The van der Waals surface area contributed by atoms with Crippen molar-refractivity contribution in [2.24, 2.45) is 0 Å². The molecule has 0 aliphatic heterocycles. The van der Waals surface area contributed by atoms with Crippen molar-refractivity contribution in [2.45, 2.75) is 13.0 Å². The van der Waals surface area contributed by atoms with Crippen LogP contribution in [-0.2, 0) is 14.3 Å². The lowest BCUT2D eigenvalue weighted by atomic mass is 10.1. The number of nitrogens with one attached hydrogen (secondary N) is 1. The monoisotopic (exact) mass is 379 g/mol. The first-order valence-corrected chi connectivity index (χ1v) is 7.85. The van der Waals surface area contributed by atoms with Gasteiger partial charge in [-0.3, -0.25) is 4.79 Å². The van der Waals surface area contributed by atoms with E-state index in [1.165, 1.54) is 44.4 Å². The molecule has 26 heavy (non-hydrogen) atoms. The van der Waals surface area contributed by atoms with E-state index in [-0.39, 0.29) is 21.8 Å². The van der Waals surface area contributed by atoms with E-state index >= 15 is 0 Å². The van der Waals surface area contributed by atoms with Gasteiger partial charge in [-0.05, 0) is 49.4 Å². The first-order chi connectivity index (χ1) is 12.3. The van der Waals surface area contributed by atoms with Crippen molar-refractivity contribution in [1.29, 1.82) is 0 Å². The number of hydrogen-bond acceptors (Lipinski definition) is 5. The Hall–Kier alpha value is -2.93. The highest BCUT2D eigenvalue weighted by Crippen LogP contribution is 2.22. The highest BCUT2D eigenvalue weighted by Gasteiger charge is 2.20. The lowest BCUT2D eigenvalue weighted by Gasteiger charge is -2.14. The van der Waals surface area contributed by atoms with Gasteiger partial charge < -0.3 is 14.8 Å². The Labute approximate surface area is 153 Å². The first kappa shape index (κ1) is 19.4. The number of anilines is 1. The molecule has 1 amide bonds. The predicted octanol–water partition coefficient (Wildman–Crippen LogP) is 3.45. The molecule has 6 nitrogen and oxygen atoms in total. The molecule has 1 atom stereocenters. The van der Waals surface area contributed by atoms with Crippen molar-refractivity contribution in [3.63, 3.8) is 0 Å². The van der Waals surface area contributed by atoms with E-state index in [1.54, 1.807) is 0 Å². The maximum Gasteiger partial charge on any atom is 0.338 e. The summed E-state index contributed by atoms with van der Waals surface area (Å²) in [6.45, 7) is 1.38. The Balaban J connectivity index is 1.99. The molecule has 0 aromatic heterocycles. The molecule has 0 saturated carbocycles. The normalized spacial score (nSPS) is 11.4. The fourth-order valence-corrected chi connectivity index (χ4v) is 2.18. The van der Waals surface area contributed by atoms with Crippen molar-refractivity contribution < 1.29 is 28.2 Å². The Kier molecular flexibility index (Phi) is 6.30. The van der Waals surface area contributed by atoms with Crippen LogP contribution in [0.1, 0.15) is 27.6 Å². The predicted molar refractivity (Wildman–Crippen MR) is 92.7 cm³/mol. The van der Waals surface area contributed by atoms with Gasteiger partial charge in [0, 0.05) is 0 Å². The van der Waals surface area contributed by atoms with Crippen LogP contribution in [0.4, 0.5) is 10.1 Å². The van der Waals surface area contributed by atoms with Crippen LogP contribution in [0.3, 0.4) is 0 Å². The number of carbonyl (C=O) groups is 3. The van der Waals surface area contributed by atoms with Gasteiger partial charge in [0.25, 0.3) is 5.91 Å². The van der Waals surface area contributed by atoms with Crippen LogP contribution in [0.2, 0.25) is 5.02 Å². The molecule has 0 spiro atoms. The van der Waals surface area contributed by atoms with Crippen molar-refractivity contribution in [3.8, 4) is 0 Å². The van der Waals surface area contributed by atoms with E-state index in [4.69, 9.17) is 16.3 Å². The number of ether oxygens (including phenoxy) is 2. The number of halogens is 2. The van der Waals surface area contributed by atoms with E-state index in [9.17, 15) is 18.8 Å². The SMILES string of the molecule is COC(=O)c1ccc(C(=O)OC(C)C(=O)Nc2ccc(F)cc2Cl)cc1. The minimum atomic E-state index is -1.12. The third kappa shape index (κ3) is 4.80. The summed E-state index contributed by atoms with van der Waals surface area (Å²) in [5, 5.41) is 2.47. The van der Waals surface area contributed by atoms with Gasteiger partial charge in [0.1, 0.15) is 5.82 Å². The van der Waals surface area contributed by atoms with Crippen LogP contribution in [0.15, 0.2) is 42.5 Å². The van der Waals surface area contributed by atoms with E-state index in [0.717, 1.165) is 12.1 Å². The minimum Gasteiger partial charge on any atom is -0.465 e. The average Bonchev–Trinajstić information content (AvgIpc) is 2.63. The molecule has 2 aromatic carbocycles. The minimum absolute atomic E-state index is 0.0234. The molecular formula is C18H15ClFNO5. The zero-order chi connectivity index (χ0) is 19.3. The van der Waals surface area contributed by atoms with Gasteiger partial charge in [-0.25, -0.2) is 14.0 Å². The van der Waals surface area contributed by atoms with Crippen molar-refractivity contribution in [1.82, 2.24) is 0 Å². The van der Waals surface area contributed by atoms with Crippen molar-refractivity contribution in [2.75, 3.05) is 12.4 Å². The molecule has 0 radical (unpaired) electrons. The van der Waals surface area contributed by atoms with Crippen LogP contribution in [0.25, 0.3) is 0 Å². The number of rotatable bonds is 5. The van der Waals surface area contributed by atoms with Crippen LogP contribution >= 0.6 is 11.6 Å². The zero-order valence-electron chi connectivity index (χ0n) is 13.9. The number of amides is 1. The van der Waals surface area contributed by atoms with E-state index in [2.05, 4.69) is 10.1 Å². The topological polar surface area (TPSA) is 81.7 Å². The summed E-state index contributed by atoms with van der Waals surface area (Å²) in [5.41, 5.74) is 0.640. The van der Waals surface area contributed by atoms with Gasteiger partial charge in [0.15, 0.2) is 6.10 Å². The van der Waals surface area contributed by atoms with E-state index in [0.29, 0.717) is 0 Å². The number of benzene rings is 2. The molecule has 0 aliphatic carbocycles. The molecule has 0 heterocycles. The highest BCUT2D eigenvalue weighted by atomic mass is 35.5. The summed E-state index contributed by atoms with van der Waals surface area (Å²) < 4.78 is 22.6. The van der Waals surface area contributed by atoms with Gasteiger partial charge in [0.05, 0.1) is 28.9 Å². The molecule has 0 aliphatic rings. The molecule has 0 bridgehead atoms. The van der Waals surface area contributed by atoms with Crippen LogP contribution in [0.5, 0.6) is 0 Å². The molecule has 136 valence electrons. The second kappa shape index (κ2) is 8.44. The molecule has 0 fully saturated rings. The molecule has 8 heteroatoms.